The van der Waals surface area contributed by atoms with Gasteiger partial charge in [0.1, 0.15) is 5.54 Å². The fourth-order valence-electron chi connectivity index (χ4n) is 2.49. The lowest BCUT2D eigenvalue weighted by molar-refractivity contribution is -0.137. The minimum atomic E-state index is -4.46. The van der Waals surface area contributed by atoms with Crippen LogP contribution in [0.1, 0.15) is 12.0 Å². The first-order valence-electron chi connectivity index (χ1n) is 6.25. The molecule has 112 valence electrons. The molecule has 0 bridgehead atoms. The molecule has 1 atom stereocenters. The molecule has 2 saturated heterocycles. The number of carbonyl (C=O) groups excluding carboxylic acids is 2. The van der Waals surface area contributed by atoms with E-state index in [0.29, 0.717) is 13.0 Å². The van der Waals surface area contributed by atoms with Gasteiger partial charge in [-0.3, -0.25) is 4.79 Å². The van der Waals surface area contributed by atoms with Crippen molar-refractivity contribution in [3.05, 3.63) is 29.8 Å². The maximum atomic E-state index is 12.5. The van der Waals surface area contributed by atoms with Crippen LogP contribution < -0.4 is 10.2 Å². The van der Waals surface area contributed by atoms with Crippen molar-refractivity contribution in [2.75, 3.05) is 18.1 Å². The second-order valence-electron chi connectivity index (χ2n) is 5.00. The van der Waals surface area contributed by atoms with Crippen LogP contribution in [0.2, 0.25) is 0 Å². The van der Waals surface area contributed by atoms with Gasteiger partial charge in [-0.05, 0) is 24.3 Å². The number of amides is 3. The summed E-state index contributed by atoms with van der Waals surface area (Å²) in [7, 11) is 0. The van der Waals surface area contributed by atoms with Crippen molar-refractivity contribution in [1.82, 2.24) is 5.32 Å². The van der Waals surface area contributed by atoms with Crippen molar-refractivity contribution in [3.63, 3.8) is 0 Å². The summed E-state index contributed by atoms with van der Waals surface area (Å²) in [6.45, 7) is 0.432. The van der Waals surface area contributed by atoms with Gasteiger partial charge in [0.05, 0.1) is 17.9 Å². The standard InChI is InChI=1S/C13H11F3N2O3/c14-13(15,16)8-1-3-9(4-2-8)18-10(19)12(17-11(18)20)5-6-21-7-12/h1-4H,5-7H2,(H,17,20). The molecule has 8 heteroatoms. The van der Waals surface area contributed by atoms with E-state index in [1.165, 1.54) is 0 Å². The lowest BCUT2D eigenvalue weighted by Gasteiger charge is -2.18. The van der Waals surface area contributed by atoms with Crippen LogP contribution in [0.15, 0.2) is 24.3 Å². The molecule has 1 N–H and O–H groups in total. The summed E-state index contributed by atoms with van der Waals surface area (Å²) in [5.74, 6) is -0.496. The first-order valence-corrected chi connectivity index (χ1v) is 6.25. The van der Waals surface area contributed by atoms with Crippen LogP contribution in [-0.4, -0.2) is 30.7 Å². The number of anilines is 1. The molecule has 2 fully saturated rings. The zero-order valence-corrected chi connectivity index (χ0v) is 10.7. The van der Waals surface area contributed by atoms with Crippen LogP contribution >= 0.6 is 0 Å². The third kappa shape index (κ3) is 2.15. The Balaban J connectivity index is 1.90. The Labute approximate surface area is 117 Å². The number of halogens is 3. The lowest BCUT2D eigenvalue weighted by atomic mass is 9.99. The number of benzene rings is 1. The third-order valence-corrected chi connectivity index (χ3v) is 3.64. The Hall–Kier alpha value is -2.09. The molecular formula is C13H11F3N2O3. The number of urea groups is 1. The van der Waals surface area contributed by atoms with Crippen molar-refractivity contribution in [1.29, 1.82) is 0 Å². The predicted octanol–water partition coefficient (Wildman–Crippen LogP) is 1.92. The van der Waals surface area contributed by atoms with E-state index in [-0.39, 0.29) is 12.3 Å². The number of nitrogens with zero attached hydrogens (tertiary/aromatic N) is 1. The summed E-state index contributed by atoms with van der Waals surface area (Å²) in [5.41, 5.74) is -1.81. The number of hydrogen-bond acceptors (Lipinski definition) is 3. The molecule has 0 aromatic heterocycles. The highest BCUT2D eigenvalue weighted by molar-refractivity contribution is 6.23. The maximum absolute atomic E-state index is 12.5. The van der Waals surface area contributed by atoms with Gasteiger partial charge in [-0.15, -0.1) is 0 Å². The highest BCUT2D eigenvalue weighted by Gasteiger charge is 2.54. The number of rotatable bonds is 1. The van der Waals surface area contributed by atoms with E-state index in [9.17, 15) is 22.8 Å². The largest absolute Gasteiger partial charge is 0.416 e. The van der Waals surface area contributed by atoms with Crippen LogP contribution in [0.5, 0.6) is 0 Å². The monoisotopic (exact) mass is 300 g/mol. The highest BCUT2D eigenvalue weighted by atomic mass is 19.4. The number of alkyl halides is 3. The van der Waals surface area contributed by atoms with Gasteiger partial charge >= 0.3 is 12.2 Å². The Morgan fingerprint density at radius 3 is 2.38 bits per heavy atom. The van der Waals surface area contributed by atoms with E-state index in [2.05, 4.69) is 5.32 Å². The van der Waals surface area contributed by atoms with Crippen LogP contribution in [0, 0.1) is 0 Å². The molecule has 0 radical (unpaired) electrons. The van der Waals surface area contributed by atoms with Crippen LogP contribution in [0.4, 0.5) is 23.7 Å². The lowest BCUT2D eigenvalue weighted by Crippen LogP contribution is -2.47. The average molecular weight is 300 g/mol. The highest BCUT2D eigenvalue weighted by Crippen LogP contribution is 2.33. The van der Waals surface area contributed by atoms with Gasteiger partial charge in [0.25, 0.3) is 5.91 Å². The Bertz CT molecular complexity index is 592. The molecule has 1 spiro atoms. The zero-order chi connectivity index (χ0) is 15.3. The quantitative estimate of drug-likeness (QED) is 0.806. The van der Waals surface area contributed by atoms with Gasteiger partial charge in [-0.25, -0.2) is 9.69 Å². The molecule has 2 aliphatic rings. The van der Waals surface area contributed by atoms with Crippen molar-refractivity contribution in [2.24, 2.45) is 0 Å². The number of imide groups is 1. The molecule has 1 unspecified atom stereocenters. The van der Waals surface area contributed by atoms with Crippen molar-refractivity contribution in [2.45, 2.75) is 18.1 Å². The van der Waals surface area contributed by atoms with Gasteiger partial charge in [0.15, 0.2) is 0 Å². The molecule has 21 heavy (non-hydrogen) atoms. The van der Waals surface area contributed by atoms with E-state index in [1.807, 2.05) is 0 Å². The van der Waals surface area contributed by atoms with Crippen molar-refractivity contribution >= 4 is 17.6 Å². The van der Waals surface area contributed by atoms with Crippen molar-refractivity contribution in [3.8, 4) is 0 Å². The third-order valence-electron chi connectivity index (χ3n) is 3.64. The fourth-order valence-corrected chi connectivity index (χ4v) is 2.49. The van der Waals surface area contributed by atoms with Gasteiger partial charge in [0, 0.05) is 13.0 Å². The topological polar surface area (TPSA) is 58.6 Å². The minimum Gasteiger partial charge on any atom is -0.378 e. The maximum Gasteiger partial charge on any atom is 0.416 e. The first kappa shape index (κ1) is 13.9. The Morgan fingerprint density at radius 1 is 1.19 bits per heavy atom. The summed E-state index contributed by atoms with van der Waals surface area (Å²) < 4.78 is 42.7. The molecule has 3 amide bonds. The molecule has 1 aromatic rings. The van der Waals surface area contributed by atoms with Crippen LogP contribution in [0.3, 0.4) is 0 Å². The Kier molecular flexibility index (Phi) is 2.94. The van der Waals surface area contributed by atoms with Gasteiger partial charge in [-0.1, -0.05) is 0 Å². The van der Waals surface area contributed by atoms with Crippen LogP contribution in [0.25, 0.3) is 0 Å². The van der Waals surface area contributed by atoms with Crippen molar-refractivity contribution < 1.29 is 27.5 Å². The molecule has 0 aliphatic carbocycles. The van der Waals surface area contributed by atoms with E-state index in [0.717, 1.165) is 29.2 Å². The smallest absolute Gasteiger partial charge is 0.378 e. The SMILES string of the molecule is O=C1NC2(CCOC2)C(=O)N1c1ccc(C(F)(F)F)cc1. The molecular weight excluding hydrogens is 289 g/mol. The van der Waals surface area contributed by atoms with Gasteiger partial charge in [0.2, 0.25) is 0 Å². The molecule has 3 rings (SSSR count). The molecule has 5 nitrogen and oxygen atoms in total. The van der Waals surface area contributed by atoms with E-state index >= 15 is 0 Å². The zero-order valence-electron chi connectivity index (χ0n) is 10.7. The number of carbonyl (C=O) groups is 2. The predicted molar refractivity (Wildman–Crippen MR) is 65.6 cm³/mol. The van der Waals surface area contributed by atoms with Crippen LogP contribution in [-0.2, 0) is 15.7 Å². The normalized spacial score (nSPS) is 25.8. The second-order valence-corrected chi connectivity index (χ2v) is 5.00. The summed E-state index contributed by atoms with van der Waals surface area (Å²) in [4.78, 5) is 25.2. The second kappa shape index (κ2) is 4.45. The summed E-state index contributed by atoms with van der Waals surface area (Å²) >= 11 is 0. The molecule has 2 aliphatic heterocycles. The molecule has 1 aromatic carbocycles. The van der Waals surface area contributed by atoms with E-state index in [4.69, 9.17) is 4.74 Å². The number of hydrogen-bond donors (Lipinski definition) is 1. The van der Waals surface area contributed by atoms with E-state index < -0.39 is 29.2 Å². The van der Waals surface area contributed by atoms with Gasteiger partial charge < -0.3 is 10.1 Å². The summed E-state index contributed by atoms with van der Waals surface area (Å²) in [6, 6.07) is 3.24. The first-order chi connectivity index (χ1) is 9.83. The average Bonchev–Trinajstić information content (AvgIpc) is 2.96. The summed E-state index contributed by atoms with van der Waals surface area (Å²) in [6.07, 6.45) is -4.11. The summed E-state index contributed by atoms with van der Waals surface area (Å²) in [5, 5.41) is 2.56. The van der Waals surface area contributed by atoms with E-state index in [1.54, 1.807) is 0 Å². The minimum absolute atomic E-state index is 0.0781. The number of nitrogens with one attached hydrogen (secondary N) is 1. The molecule has 0 saturated carbocycles. The Morgan fingerprint density at radius 2 is 1.86 bits per heavy atom. The fraction of sp³-hybridized carbons (Fsp3) is 0.385. The molecule has 2 heterocycles. The van der Waals surface area contributed by atoms with Gasteiger partial charge in [-0.2, -0.15) is 13.2 Å². The number of ether oxygens (including phenoxy) is 1.